The van der Waals surface area contributed by atoms with Gasteiger partial charge >= 0.3 is 0 Å². The van der Waals surface area contributed by atoms with E-state index in [2.05, 4.69) is 28.3 Å². The van der Waals surface area contributed by atoms with Gasteiger partial charge in [-0.2, -0.15) is 0 Å². The van der Waals surface area contributed by atoms with E-state index in [1.165, 1.54) is 0 Å². The Morgan fingerprint density at radius 3 is 3.06 bits per heavy atom. The van der Waals surface area contributed by atoms with Gasteiger partial charge < -0.3 is 10.1 Å². The Morgan fingerprint density at radius 1 is 1.50 bits per heavy atom. The summed E-state index contributed by atoms with van der Waals surface area (Å²) in [6.45, 7) is 3.87. The van der Waals surface area contributed by atoms with Crippen LogP contribution in [0.1, 0.15) is 31.5 Å². The standard InChI is InChI=1S/C12H17N3O/c1-2-5-15-12(11-4-3-8-16-11)10-9-13-6-7-14-10/h4,6-7,9,12,15H,2-3,5,8H2,1H3. The van der Waals surface area contributed by atoms with Crippen molar-refractivity contribution in [1.82, 2.24) is 15.3 Å². The molecule has 16 heavy (non-hydrogen) atoms. The number of rotatable bonds is 5. The minimum Gasteiger partial charge on any atom is -0.496 e. The van der Waals surface area contributed by atoms with Crippen molar-refractivity contribution < 1.29 is 4.74 Å². The van der Waals surface area contributed by atoms with E-state index >= 15 is 0 Å². The summed E-state index contributed by atoms with van der Waals surface area (Å²) in [5.74, 6) is 0.981. The molecule has 1 N–H and O–H groups in total. The molecule has 2 rings (SSSR count). The van der Waals surface area contributed by atoms with Crippen LogP contribution in [0.5, 0.6) is 0 Å². The lowest BCUT2D eigenvalue weighted by Crippen LogP contribution is -2.25. The SMILES string of the molecule is CCCNC(C1=CCCO1)c1cnccn1. The third-order valence-electron chi connectivity index (χ3n) is 2.49. The lowest BCUT2D eigenvalue weighted by atomic mass is 10.1. The molecule has 0 bridgehead atoms. The summed E-state index contributed by atoms with van der Waals surface area (Å²) in [6, 6.07) is 0.0520. The fourth-order valence-corrected chi connectivity index (χ4v) is 1.74. The van der Waals surface area contributed by atoms with Crippen molar-refractivity contribution in [2.45, 2.75) is 25.8 Å². The Balaban J connectivity index is 2.14. The first-order valence-corrected chi connectivity index (χ1v) is 5.74. The summed E-state index contributed by atoms with van der Waals surface area (Å²) >= 11 is 0. The molecule has 1 aliphatic heterocycles. The summed E-state index contributed by atoms with van der Waals surface area (Å²) in [6.07, 6.45) is 9.39. The van der Waals surface area contributed by atoms with E-state index in [0.717, 1.165) is 37.4 Å². The van der Waals surface area contributed by atoms with Crippen LogP contribution in [0.2, 0.25) is 0 Å². The monoisotopic (exact) mass is 219 g/mol. The van der Waals surface area contributed by atoms with Crippen molar-refractivity contribution in [3.8, 4) is 0 Å². The summed E-state index contributed by atoms with van der Waals surface area (Å²) in [7, 11) is 0. The van der Waals surface area contributed by atoms with Crippen LogP contribution in [-0.4, -0.2) is 23.1 Å². The zero-order valence-electron chi connectivity index (χ0n) is 9.52. The van der Waals surface area contributed by atoms with E-state index in [9.17, 15) is 0 Å². The molecule has 0 radical (unpaired) electrons. The van der Waals surface area contributed by atoms with Crippen LogP contribution in [0.4, 0.5) is 0 Å². The smallest absolute Gasteiger partial charge is 0.115 e. The van der Waals surface area contributed by atoms with Crippen LogP contribution in [0.15, 0.2) is 30.4 Å². The third kappa shape index (κ3) is 2.58. The average Bonchev–Trinajstić information content (AvgIpc) is 2.85. The van der Waals surface area contributed by atoms with Crippen molar-refractivity contribution in [2.24, 2.45) is 0 Å². The van der Waals surface area contributed by atoms with Crippen molar-refractivity contribution >= 4 is 0 Å². The van der Waals surface area contributed by atoms with Crippen LogP contribution in [0.3, 0.4) is 0 Å². The van der Waals surface area contributed by atoms with E-state index in [4.69, 9.17) is 4.74 Å². The van der Waals surface area contributed by atoms with Gasteiger partial charge in [0.2, 0.25) is 0 Å². The number of hydrogen-bond donors (Lipinski definition) is 1. The topological polar surface area (TPSA) is 47.0 Å². The fourth-order valence-electron chi connectivity index (χ4n) is 1.74. The molecule has 0 fully saturated rings. The van der Waals surface area contributed by atoms with Gasteiger partial charge in [-0.3, -0.25) is 9.97 Å². The molecule has 0 saturated heterocycles. The van der Waals surface area contributed by atoms with E-state index in [1.54, 1.807) is 18.6 Å². The Labute approximate surface area is 95.8 Å². The first-order chi connectivity index (χ1) is 7.92. The number of hydrogen-bond acceptors (Lipinski definition) is 4. The molecule has 0 spiro atoms. The summed E-state index contributed by atoms with van der Waals surface area (Å²) in [4.78, 5) is 8.43. The Kier molecular flexibility index (Phi) is 3.88. The zero-order valence-corrected chi connectivity index (χ0v) is 9.52. The fraction of sp³-hybridized carbons (Fsp3) is 0.500. The predicted octanol–water partition coefficient (Wildman–Crippen LogP) is 1.82. The Bertz CT molecular complexity index is 351. The summed E-state index contributed by atoms with van der Waals surface area (Å²) < 4.78 is 5.60. The molecule has 0 aromatic carbocycles. The van der Waals surface area contributed by atoms with Crippen molar-refractivity contribution in [3.63, 3.8) is 0 Å². The molecule has 1 aromatic rings. The number of nitrogens with zero attached hydrogens (tertiary/aromatic N) is 2. The van der Waals surface area contributed by atoms with Gasteiger partial charge in [0.05, 0.1) is 18.5 Å². The zero-order chi connectivity index (χ0) is 11.2. The molecule has 4 nitrogen and oxygen atoms in total. The van der Waals surface area contributed by atoms with Crippen LogP contribution < -0.4 is 5.32 Å². The molecule has 1 aliphatic rings. The maximum absolute atomic E-state index is 5.60. The van der Waals surface area contributed by atoms with Gasteiger partial charge in [-0.1, -0.05) is 6.92 Å². The van der Waals surface area contributed by atoms with Crippen LogP contribution in [-0.2, 0) is 4.74 Å². The van der Waals surface area contributed by atoms with Gasteiger partial charge in [-0.05, 0) is 19.0 Å². The summed E-state index contributed by atoms with van der Waals surface area (Å²) in [5.41, 5.74) is 0.920. The number of aromatic nitrogens is 2. The van der Waals surface area contributed by atoms with E-state index < -0.39 is 0 Å². The van der Waals surface area contributed by atoms with Gasteiger partial charge in [0.15, 0.2) is 0 Å². The molecule has 86 valence electrons. The predicted molar refractivity (Wildman–Crippen MR) is 61.7 cm³/mol. The second-order valence-electron chi connectivity index (χ2n) is 3.76. The number of nitrogens with one attached hydrogen (secondary N) is 1. The van der Waals surface area contributed by atoms with Crippen molar-refractivity contribution in [3.05, 3.63) is 36.1 Å². The average molecular weight is 219 g/mol. The Morgan fingerprint density at radius 2 is 2.44 bits per heavy atom. The first-order valence-electron chi connectivity index (χ1n) is 5.74. The quantitative estimate of drug-likeness (QED) is 0.820. The number of ether oxygens (including phenoxy) is 1. The molecule has 2 heterocycles. The molecule has 1 unspecified atom stereocenters. The Hall–Kier alpha value is -1.42. The molecule has 4 heteroatoms. The lowest BCUT2D eigenvalue weighted by Gasteiger charge is -2.18. The summed E-state index contributed by atoms with van der Waals surface area (Å²) in [5, 5.41) is 3.43. The lowest BCUT2D eigenvalue weighted by molar-refractivity contribution is 0.214. The normalized spacial score (nSPS) is 16.7. The molecule has 1 aromatic heterocycles. The molecule has 0 aliphatic carbocycles. The maximum atomic E-state index is 5.60. The van der Waals surface area contributed by atoms with Gasteiger partial charge in [0.25, 0.3) is 0 Å². The highest BCUT2D eigenvalue weighted by atomic mass is 16.5. The highest BCUT2D eigenvalue weighted by molar-refractivity contribution is 5.17. The minimum atomic E-state index is 0.0520. The van der Waals surface area contributed by atoms with Crippen molar-refractivity contribution in [1.29, 1.82) is 0 Å². The highest BCUT2D eigenvalue weighted by Gasteiger charge is 2.21. The minimum absolute atomic E-state index is 0.0520. The largest absolute Gasteiger partial charge is 0.496 e. The molecular weight excluding hydrogens is 202 g/mol. The molecule has 1 atom stereocenters. The van der Waals surface area contributed by atoms with E-state index in [1.807, 2.05) is 0 Å². The van der Waals surface area contributed by atoms with Crippen LogP contribution >= 0.6 is 0 Å². The third-order valence-corrected chi connectivity index (χ3v) is 2.49. The maximum Gasteiger partial charge on any atom is 0.115 e. The van der Waals surface area contributed by atoms with E-state index in [0.29, 0.717) is 0 Å². The van der Waals surface area contributed by atoms with Gasteiger partial charge in [0, 0.05) is 18.8 Å². The van der Waals surface area contributed by atoms with E-state index in [-0.39, 0.29) is 6.04 Å². The second-order valence-corrected chi connectivity index (χ2v) is 3.76. The van der Waals surface area contributed by atoms with Crippen molar-refractivity contribution in [2.75, 3.05) is 13.2 Å². The highest BCUT2D eigenvalue weighted by Crippen LogP contribution is 2.24. The molecule has 0 saturated carbocycles. The van der Waals surface area contributed by atoms with Crippen LogP contribution in [0.25, 0.3) is 0 Å². The molecular formula is C12H17N3O. The molecule has 0 amide bonds. The van der Waals surface area contributed by atoms with Gasteiger partial charge in [-0.25, -0.2) is 0 Å². The second kappa shape index (κ2) is 5.61. The van der Waals surface area contributed by atoms with Crippen LogP contribution in [0, 0.1) is 0 Å². The van der Waals surface area contributed by atoms with Gasteiger partial charge in [0.1, 0.15) is 11.8 Å². The van der Waals surface area contributed by atoms with Gasteiger partial charge in [-0.15, -0.1) is 0 Å². The first kappa shape index (κ1) is 11.1.